The monoisotopic (exact) mass is 295 g/mol. The van der Waals surface area contributed by atoms with Crippen LogP contribution in [0.5, 0.6) is 5.88 Å². The average molecular weight is 295 g/mol. The second-order valence-corrected chi connectivity index (χ2v) is 6.59. The number of rotatable bonds is 7. The average Bonchev–Trinajstić information content (AvgIpc) is 2.24. The number of hydrogen-bond acceptors (Lipinski definition) is 5. The molecule has 6 heteroatoms. The van der Waals surface area contributed by atoms with E-state index in [-0.39, 0.29) is 24.0 Å². The highest BCUT2D eigenvalue weighted by atomic mass is 16.5. The number of ether oxygens (including phenoxy) is 1. The molecule has 1 aromatic heterocycles. The first kappa shape index (κ1) is 17.2. The van der Waals surface area contributed by atoms with Crippen LogP contribution in [-0.2, 0) is 4.79 Å². The molecule has 118 valence electrons. The summed E-state index contributed by atoms with van der Waals surface area (Å²) in [5, 5.41) is 12.1. The molecule has 0 bridgehead atoms. The zero-order valence-electron chi connectivity index (χ0n) is 13.4. The third-order valence-electron chi connectivity index (χ3n) is 2.60. The Bertz CT molecular complexity index is 469. The van der Waals surface area contributed by atoms with Gasteiger partial charge in [-0.25, -0.2) is 4.98 Å². The number of carboxylic acid groups (broad SMARTS) is 1. The van der Waals surface area contributed by atoms with Gasteiger partial charge in [0, 0.05) is 18.3 Å². The van der Waals surface area contributed by atoms with Gasteiger partial charge in [-0.15, -0.1) is 0 Å². The quantitative estimate of drug-likeness (QED) is 0.804. The van der Waals surface area contributed by atoms with E-state index < -0.39 is 5.97 Å². The van der Waals surface area contributed by atoms with Gasteiger partial charge in [0.15, 0.2) is 0 Å². The first-order valence-electron chi connectivity index (χ1n) is 7.14. The Morgan fingerprint density at radius 2 is 2.10 bits per heavy atom. The summed E-state index contributed by atoms with van der Waals surface area (Å²) in [6.45, 7) is 10.1. The van der Waals surface area contributed by atoms with Crippen molar-refractivity contribution in [2.45, 2.75) is 59.6 Å². The van der Waals surface area contributed by atoms with Crippen molar-refractivity contribution in [3.63, 3.8) is 0 Å². The van der Waals surface area contributed by atoms with Crippen LogP contribution in [0.4, 0.5) is 5.95 Å². The first-order valence-corrected chi connectivity index (χ1v) is 7.14. The number of aromatic nitrogens is 2. The summed E-state index contributed by atoms with van der Waals surface area (Å²) in [5.74, 6) is 0.0299. The van der Waals surface area contributed by atoms with Crippen molar-refractivity contribution in [1.29, 1.82) is 0 Å². The van der Waals surface area contributed by atoms with Crippen LogP contribution in [0.15, 0.2) is 12.3 Å². The molecule has 0 aliphatic heterocycles. The van der Waals surface area contributed by atoms with Crippen LogP contribution in [0.25, 0.3) is 0 Å². The van der Waals surface area contributed by atoms with Gasteiger partial charge in [-0.05, 0) is 25.7 Å². The number of nitrogens with zero attached hydrogens (tertiary/aromatic N) is 2. The highest BCUT2D eigenvalue weighted by Gasteiger charge is 2.22. The molecule has 2 N–H and O–H groups in total. The Hall–Kier alpha value is -1.85. The number of aliphatic carboxylic acids is 1. The van der Waals surface area contributed by atoms with E-state index in [9.17, 15) is 4.79 Å². The largest absolute Gasteiger partial charge is 0.481 e. The number of carboxylic acids is 1. The fourth-order valence-corrected chi connectivity index (χ4v) is 2.03. The molecule has 0 saturated heterocycles. The molecule has 21 heavy (non-hydrogen) atoms. The third kappa shape index (κ3) is 7.48. The van der Waals surface area contributed by atoms with Crippen LogP contribution in [0, 0.1) is 5.41 Å². The maximum Gasteiger partial charge on any atom is 0.305 e. The second-order valence-electron chi connectivity index (χ2n) is 6.59. The lowest BCUT2D eigenvalue weighted by molar-refractivity contribution is -0.137. The Morgan fingerprint density at radius 3 is 2.62 bits per heavy atom. The van der Waals surface area contributed by atoms with E-state index in [0.717, 1.165) is 0 Å². The van der Waals surface area contributed by atoms with E-state index in [1.807, 2.05) is 13.8 Å². The molecule has 0 saturated carbocycles. The number of hydrogen-bond donors (Lipinski definition) is 2. The molecule has 0 aromatic carbocycles. The van der Waals surface area contributed by atoms with E-state index in [0.29, 0.717) is 18.2 Å². The molecule has 0 aliphatic rings. The van der Waals surface area contributed by atoms with Gasteiger partial charge in [-0.2, -0.15) is 4.98 Å². The fourth-order valence-electron chi connectivity index (χ4n) is 2.03. The highest BCUT2D eigenvalue weighted by molar-refractivity contribution is 5.68. The molecular weight excluding hydrogens is 270 g/mol. The van der Waals surface area contributed by atoms with Gasteiger partial charge < -0.3 is 15.2 Å². The molecule has 1 rings (SSSR count). The number of carbonyl (C=O) groups is 1. The topological polar surface area (TPSA) is 84.3 Å². The van der Waals surface area contributed by atoms with Gasteiger partial charge in [0.25, 0.3) is 0 Å². The molecule has 6 nitrogen and oxygen atoms in total. The van der Waals surface area contributed by atoms with E-state index in [1.54, 1.807) is 12.3 Å². The summed E-state index contributed by atoms with van der Waals surface area (Å²) in [6, 6.07) is 1.46. The summed E-state index contributed by atoms with van der Waals surface area (Å²) in [4.78, 5) is 19.4. The van der Waals surface area contributed by atoms with Crippen LogP contribution in [0.1, 0.15) is 47.5 Å². The second kappa shape index (κ2) is 7.24. The number of nitrogens with one attached hydrogen (secondary N) is 1. The summed E-state index contributed by atoms with van der Waals surface area (Å²) >= 11 is 0. The lowest BCUT2D eigenvalue weighted by atomic mass is 9.87. The van der Waals surface area contributed by atoms with Crippen molar-refractivity contribution in [1.82, 2.24) is 9.97 Å². The van der Waals surface area contributed by atoms with Crippen molar-refractivity contribution < 1.29 is 14.6 Å². The van der Waals surface area contributed by atoms with Gasteiger partial charge in [0.2, 0.25) is 11.8 Å². The standard InChI is InChI=1S/C15H25N3O3/c1-10(2)21-12-6-7-16-14(18-12)17-11(8-13(19)20)9-15(3,4)5/h6-7,10-11H,8-9H2,1-5H3,(H,19,20)(H,16,17,18). The zero-order chi connectivity index (χ0) is 16.0. The van der Waals surface area contributed by atoms with Crippen molar-refractivity contribution in [2.24, 2.45) is 5.41 Å². The van der Waals surface area contributed by atoms with Crippen LogP contribution in [0.2, 0.25) is 0 Å². The summed E-state index contributed by atoms with van der Waals surface area (Å²) < 4.78 is 5.51. The Morgan fingerprint density at radius 1 is 1.43 bits per heavy atom. The van der Waals surface area contributed by atoms with Gasteiger partial charge in [0.1, 0.15) is 0 Å². The van der Waals surface area contributed by atoms with E-state index >= 15 is 0 Å². The number of anilines is 1. The molecule has 1 aromatic rings. The molecule has 1 heterocycles. The molecular formula is C15H25N3O3. The predicted molar refractivity (Wildman–Crippen MR) is 81.5 cm³/mol. The van der Waals surface area contributed by atoms with Crippen LogP contribution < -0.4 is 10.1 Å². The molecule has 1 atom stereocenters. The molecule has 0 aliphatic carbocycles. The fraction of sp³-hybridized carbons (Fsp3) is 0.667. The smallest absolute Gasteiger partial charge is 0.305 e. The maximum atomic E-state index is 11.0. The summed E-state index contributed by atoms with van der Waals surface area (Å²) in [6.07, 6.45) is 2.35. The van der Waals surface area contributed by atoms with Crippen LogP contribution in [-0.4, -0.2) is 33.2 Å². The highest BCUT2D eigenvalue weighted by Crippen LogP contribution is 2.24. The van der Waals surface area contributed by atoms with Crippen molar-refractivity contribution in [3.05, 3.63) is 12.3 Å². The molecule has 1 unspecified atom stereocenters. The molecule has 0 radical (unpaired) electrons. The van der Waals surface area contributed by atoms with Gasteiger partial charge in [-0.3, -0.25) is 4.79 Å². The Balaban J connectivity index is 2.80. The lowest BCUT2D eigenvalue weighted by Gasteiger charge is -2.25. The SMILES string of the molecule is CC(C)Oc1ccnc(NC(CC(=O)O)CC(C)(C)C)n1. The molecule has 0 fully saturated rings. The van der Waals surface area contributed by atoms with Crippen LogP contribution in [0.3, 0.4) is 0 Å². The molecule has 0 spiro atoms. The summed E-state index contributed by atoms with van der Waals surface area (Å²) in [5.41, 5.74) is 0.0131. The predicted octanol–water partition coefficient (Wildman–Crippen LogP) is 2.96. The zero-order valence-corrected chi connectivity index (χ0v) is 13.4. The van der Waals surface area contributed by atoms with Crippen molar-refractivity contribution in [3.8, 4) is 5.88 Å². The normalized spacial score (nSPS) is 13.0. The molecule has 0 amide bonds. The maximum absolute atomic E-state index is 11.0. The van der Waals surface area contributed by atoms with Crippen molar-refractivity contribution in [2.75, 3.05) is 5.32 Å². The van der Waals surface area contributed by atoms with E-state index in [2.05, 4.69) is 36.1 Å². The minimum absolute atomic E-state index is 0.0131. The van der Waals surface area contributed by atoms with Crippen LogP contribution >= 0.6 is 0 Å². The lowest BCUT2D eigenvalue weighted by Crippen LogP contribution is -2.29. The van der Waals surface area contributed by atoms with Gasteiger partial charge in [0.05, 0.1) is 12.5 Å². The van der Waals surface area contributed by atoms with Crippen molar-refractivity contribution >= 4 is 11.9 Å². The Labute approximate surface area is 126 Å². The minimum Gasteiger partial charge on any atom is -0.481 e. The van der Waals surface area contributed by atoms with Gasteiger partial charge in [-0.1, -0.05) is 20.8 Å². The third-order valence-corrected chi connectivity index (χ3v) is 2.60. The first-order chi connectivity index (χ1) is 9.65. The van der Waals surface area contributed by atoms with E-state index in [4.69, 9.17) is 9.84 Å². The summed E-state index contributed by atoms with van der Waals surface area (Å²) in [7, 11) is 0. The Kier molecular flexibility index (Phi) is 5.93. The van der Waals surface area contributed by atoms with Gasteiger partial charge >= 0.3 is 5.97 Å². The minimum atomic E-state index is -0.841. The van der Waals surface area contributed by atoms with E-state index in [1.165, 1.54) is 0 Å².